The largest absolute Gasteiger partial charge is 0.494 e. The molecule has 0 saturated heterocycles. The van der Waals surface area contributed by atoms with E-state index in [4.69, 9.17) is 4.74 Å². The smallest absolute Gasteiger partial charge is 0.260 e. The first-order valence-corrected chi connectivity index (χ1v) is 7.23. The van der Waals surface area contributed by atoms with Gasteiger partial charge in [-0.15, -0.1) is 0 Å². The highest BCUT2D eigenvalue weighted by atomic mass is 16.5. The number of aromatic nitrogens is 4. The first-order chi connectivity index (χ1) is 10.9. The molecule has 3 rings (SSSR count). The van der Waals surface area contributed by atoms with Gasteiger partial charge in [-0.3, -0.25) is 9.78 Å². The molecule has 0 spiro atoms. The van der Waals surface area contributed by atoms with Gasteiger partial charge in [0.25, 0.3) is 5.56 Å². The highest BCUT2D eigenvalue weighted by Crippen LogP contribution is 2.28. The maximum atomic E-state index is 12.3. The number of aryl methyl sites for hydroxylation is 2. The minimum absolute atomic E-state index is 0.197. The van der Waals surface area contributed by atoms with Gasteiger partial charge in [0.05, 0.1) is 23.7 Å². The summed E-state index contributed by atoms with van der Waals surface area (Å²) in [6.07, 6.45) is 0. The minimum atomic E-state index is -0.197. The Labute approximate surface area is 133 Å². The van der Waals surface area contributed by atoms with Crippen LogP contribution in [0.2, 0.25) is 0 Å². The van der Waals surface area contributed by atoms with E-state index < -0.39 is 0 Å². The SMILES string of the molecule is COc1cc2c(=O)[nH]c(N(C)C)nc2cc1-n1nc(C)cc1C. The first-order valence-electron chi connectivity index (χ1n) is 7.23. The van der Waals surface area contributed by atoms with E-state index in [-0.39, 0.29) is 5.56 Å². The summed E-state index contributed by atoms with van der Waals surface area (Å²) in [6.45, 7) is 3.91. The van der Waals surface area contributed by atoms with E-state index >= 15 is 0 Å². The Balaban J connectivity index is 2.33. The Morgan fingerprint density at radius 2 is 1.96 bits per heavy atom. The van der Waals surface area contributed by atoms with Crippen molar-refractivity contribution in [3.05, 3.63) is 39.9 Å². The Morgan fingerprint density at radius 3 is 2.52 bits per heavy atom. The van der Waals surface area contributed by atoms with Crippen LogP contribution in [-0.2, 0) is 0 Å². The van der Waals surface area contributed by atoms with Gasteiger partial charge in [-0.1, -0.05) is 0 Å². The molecule has 2 aromatic heterocycles. The number of anilines is 1. The zero-order chi connectivity index (χ0) is 16.7. The molecule has 0 aliphatic heterocycles. The molecular weight excluding hydrogens is 294 g/mol. The van der Waals surface area contributed by atoms with Crippen molar-refractivity contribution in [3.8, 4) is 11.4 Å². The first kappa shape index (κ1) is 15.1. The van der Waals surface area contributed by atoms with Gasteiger partial charge < -0.3 is 9.64 Å². The van der Waals surface area contributed by atoms with Crippen LogP contribution in [0.25, 0.3) is 16.6 Å². The fourth-order valence-corrected chi connectivity index (χ4v) is 2.56. The topological polar surface area (TPSA) is 76.0 Å². The second-order valence-electron chi connectivity index (χ2n) is 5.66. The molecule has 1 aromatic carbocycles. The Morgan fingerprint density at radius 1 is 1.22 bits per heavy atom. The van der Waals surface area contributed by atoms with Crippen molar-refractivity contribution in [2.24, 2.45) is 0 Å². The molecule has 2 heterocycles. The molecule has 0 aliphatic carbocycles. The average Bonchev–Trinajstić information content (AvgIpc) is 2.84. The Bertz CT molecular complexity index is 940. The number of aromatic amines is 1. The van der Waals surface area contributed by atoms with E-state index in [1.165, 1.54) is 0 Å². The van der Waals surface area contributed by atoms with E-state index in [1.54, 1.807) is 22.8 Å². The van der Waals surface area contributed by atoms with Gasteiger partial charge in [-0.2, -0.15) is 5.10 Å². The van der Waals surface area contributed by atoms with Gasteiger partial charge in [0.2, 0.25) is 5.95 Å². The van der Waals surface area contributed by atoms with Crippen molar-refractivity contribution in [1.29, 1.82) is 0 Å². The fraction of sp³-hybridized carbons (Fsp3) is 0.312. The molecule has 120 valence electrons. The number of H-pyrrole nitrogens is 1. The van der Waals surface area contributed by atoms with E-state index in [9.17, 15) is 4.79 Å². The van der Waals surface area contributed by atoms with E-state index in [0.717, 1.165) is 17.1 Å². The van der Waals surface area contributed by atoms with Gasteiger partial charge in [-0.25, -0.2) is 9.67 Å². The lowest BCUT2D eigenvalue weighted by Crippen LogP contribution is -2.19. The number of nitrogens with zero attached hydrogens (tertiary/aromatic N) is 4. The molecule has 7 nitrogen and oxygen atoms in total. The quantitative estimate of drug-likeness (QED) is 0.798. The van der Waals surface area contributed by atoms with Gasteiger partial charge in [0.15, 0.2) is 0 Å². The maximum absolute atomic E-state index is 12.3. The van der Waals surface area contributed by atoms with Crippen molar-refractivity contribution in [1.82, 2.24) is 19.7 Å². The van der Waals surface area contributed by atoms with E-state index in [2.05, 4.69) is 15.1 Å². The van der Waals surface area contributed by atoms with Crippen LogP contribution in [0.3, 0.4) is 0 Å². The molecule has 3 aromatic rings. The second-order valence-corrected chi connectivity index (χ2v) is 5.66. The maximum Gasteiger partial charge on any atom is 0.260 e. The van der Waals surface area contributed by atoms with Crippen molar-refractivity contribution < 1.29 is 4.74 Å². The summed E-state index contributed by atoms with van der Waals surface area (Å²) in [5.74, 6) is 1.08. The Kier molecular flexibility index (Phi) is 3.55. The molecule has 1 N–H and O–H groups in total. The highest BCUT2D eigenvalue weighted by molar-refractivity contribution is 5.83. The van der Waals surface area contributed by atoms with Crippen molar-refractivity contribution in [2.45, 2.75) is 13.8 Å². The molecule has 0 amide bonds. The molecule has 0 bridgehead atoms. The summed E-state index contributed by atoms with van der Waals surface area (Å²) >= 11 is 0. The number of ether oxygens (including phenoxy) is 1. The lowest BCUT2D eigenvalue weighted by Gasteiger charge is -2.14. The summed E-state index contributed by atoms with van der Waals surface area (Å²) in [4.78, 5) is 21.3. The number of hydrogen-bond donors (Lipinski definition) is 1. The molecule has 0 atom stereocenters. The minimum Gasteiger partial charge on any atom is -0.494 e. The van der Waals surface area contributed by atoms with Crippen molar-refractivity contribution in [3.63, 3.8) is 0 Å². The molecule has 0 radical (unpaired) electrons. The van der Waals surface area contributed by atoms with Gasteiger partial charge in [-0.05, 0) is 32.0 Å². The van der Waals surface area contributed by atoms with Crippen LogP contribution in [0.15, 0.2) is 23.0 Å². The molecule has 0 saturated carbocycles. The average molecular weight is 313 g/mol. The monoisotopic (exact) mass is 313 g/mol. The van der Waals surface area contributed by atoms with Crippen molar-refractivity contribution in [2.75, 3.05) is 26.1 Å². The molecule has 23 heavy (non-hydrogen) atoms. The van der Waals surface area contributed by atoms with Crippen LogP contribution in [-0.4, -0.2) is 41.0 Å². The molecular formula is C16H19N5O2. The summed E-state index contributed by atoms with van der Waals surface area (Å²) in [5.41, 5.74) is 3.06. The van der Waals surface area contributed by atoms with Crippen LogP contribution in [0.4, 0.5) is 5.95 Å². The van der Waals surface area contributed by atoms with Crippen LogP contribution >= 0.6 is 0 Å². The van der Waals surface area contributed by atoms with Gasteiger partial charge >= 0.3 is 0 Å². The Hall–Kier alpha value is -2.83. The zero-order valence-electron chi connectivity index (χ0n) is 13.8. The predicted octanol–water partition coefficient (Wildman–Crippen LogP) is 1.80. The zero-order valence-corrected chi connectivity index (χ0v) is 13.8. The summed E-state index contributed by atoms with van der Waals surface area (Å²) < 4.78 is 7.25. The van der Waals surface area contributed by atoms with Crippen molar-refractivity contribution >= 4 is 16.9 Å². The summed E-state index contributed by atoms with van der Waals surface area (Å²) in [6, 6.07) is 5.52. The van der Waals surface area contributed by atoms with Gasteiger partial charge in [0.1, 0.15) is 11.4 Å². The lowest BCUT2D eigenvalue weighted by molar-refractivity contribution is 0.412. The number of benzene rings is 1. The third-order valence-corrected chi connectivity index (χ3v) is 3.65. The predicted molar refractivity (Wildman–Crippen MR) is 89.8 cm³/mol. The molecule has 7 heteroatoms. The van der Waals surface area contributed by atoms with Crippen LogP contribution in [0, 0.1) is 13.8 Å². The number of fused-ring (bicyclic) bond motifs is 1. The number of methoxy groups -OCH3 is 1. The number of nitrogens with one attached hydrogen (secondary N) is 1. The number of rotatable bonds is 3. The summed E-state index contributed by atoms with van der Waals surface area (Å²) in [7, 11) is 5.23. The van der Waals surface area contributed by atoms with E-state index in [0.29, 0.717) is 22.6 Å². The van der Waals surface area contributed by atoms with E-state index in [1.807, 2.05) is 40.1 Å². The van der Waals surface area contributed by atoms with Gasteiger partial charge in [0, 0.05) is 19.8 Å². The third kappa shape index (κ3) is 2.54. The molecule has 0 fully saturated rings. The summed E-state index contributed by atoms with van der Waals surface area (Å²) in [5, 5.41) is 4.97. The molecule has 0 unspecified atom stereocenters. The highest BCUT2D eigenvalue weighted by Gasteiger charge is 2.14. The molecule has 0 aliphatic rings. The van der Waals surface area contributed by atoms with Crippen LogP contribution in [0.5, 0.6) is 5.75 Å². The third-order valence-electron chi connectivity index (χ3n) is 3.65. The lowest BCUT2D eigenvalue weighted by atomic mass is 10.2. The number of hydrogen-bond acceptors (Lipinski definition) is 5. The fourth-order valence-electron chi connectivity index (χ4n) is 2.56. The normalized spacial score (nSPS) is 11.0. The van der Waals surface area contributed by atoms with Crippen LogP contribution in [0.1, 0.15) is 11.4 Å². The second kappa shape index (κ2) is 5.42. The standard InChI is InChI=1S/C16H19N5O2/c1-9-6-10(2)21(19-9)13-8-12-11(7-14(13)23-5)15(22)18-16(17-12)20(3)4/h6-8H,1-5H3,(H,17,18,22). The van der Waals surface area contributed by atoms with Crippen LogP contribution < -0.4 is 15.2 Å².